The lowest BCUT2D eigenvalue weighted by Gasteiger charge is -2.14. The van der Waals surface area contributed by atoms with Gasteiger partial charge in [0.25, 0.3) is 5.91 Å². The molecule has 1 heterocycles. The van der Waals surface area contributed by atoms with Crippen LogP contribution in [0.4, 0.5) is 0 Å². The topological polar surface area (TPSA) is 68.1 Å². The van der Waals surface area contributed by atoms with Crippen molar-refractivity contribution in [3.63, 3.8) is 0 Å². The molecule has 3 aromatic rings. The van der Waals surface area contributed by atoms with Gasteiger partial charge in [-0.25, -0.2) is 0 Å². The summed E-state index contributed by atoms with van der Waals surface area (Å²) >= 11 is 5.83. The maximum atomic E-state index is 12.2. The van der Waals surface area contributed by atoms with E-state index in [-0.39, 0.29) is 11.9 Å². The quantitative estimate of drug-likeness (QED) is 0.556. The summed E-state index contributed by atoms with van der Waals surface area (Å²) in [7, 11) is 0. The summed E-state index contributed by atoms with van der Waals surface area (Å²) < 4.78 is 11.1. The molecule has 3 rings (SSSR count). The number of quaternary nitrogens is 1. The SMILES string of the molecule is O=C(C[NH2+][C@@H](c1ccccc1)c1ccco1)NCCOc1ccc(Cl)cc1. The molecule has 0 saturated carbocycles. The molecular weight excluding hydrogens is 364 g/mol. The molecule has 6 heteroatoms. The summed E-state index contributed by atoms with van der Waals surface area (Å²) in [6.45, 7) is 1.13. The molecule has 0 bridgehead atoms. The van der Waals surface area contributed by atoms with Gasteiger partial charge in [-0.3, -0.25) is 4.79 Å². The number of halogens is 1. The molecule has 3 N–H and O–H groups in total. The predicted molar refractivity (Wildman–Crippen MR) is 104 cm³/mol. The van der Waals surface area contributed by atoms with Gasteiger partial charge in [0.1, 0.15) is 12.4 Å². The number of hydrogen-bond acceptors (Lipinski definition) is 3. The van der Waals surface area contributed by atoms with Crippen LogP contribution in [0.25, 0.3) is 0 Å². The van der Waals surface area contributed by atoms with Gasteiger partial charge in [-0.2, -0.15) is 0 Å². The Morgan fingerprint density at radius 2 is 1.85 bits per heavy atom. The van der Waals surface area contributed by atoms with E-state index in [1.54, 1.807) is 30.5 Å². The number of ether oxygens (including phenoxy) is 1. The fourth-order valence-electron chi connectivity index (χ4n) is 2.73. The molecule has 0 radical (unpaired) electrons. The third kappa shape index (κ3) is 5.88. The van der Waals surface area contributed by atoms with E-state index in [9.17, 15) is 4.79 Å². The van der Waals surface area contributed by atoms with Crippen molar-refractivity contribution >= 4 is 17.5 Å². The molecule has 0 saturated heterocycles. The number of rotatable bonds is 9. The number of carbonyl (C=O) groups is 1. The molecule has 0 fully saturated rings. The molecule has 27 heavy (non-hydrogen) atoms. The van der Waals surface area contributed by atoms with Gasteiger partial charge >= 0.3 is 0 Å². The Morgan fingerprint density at radius 1 is 1.07 bits per heavy atom. The van der Waals surface area contributed by atoms with Gasteiger partial charge in [0.2, 0.25) is 0 Å². The van der Waals surface area contributed by atoms with E-state index in [2.05, 4.69) is 5.32 Å². The lowest BCUT2D eigenvalue weighted by molar-refractivity contribution is -0.678. The van der Waals surface area contributed by atoms with Crippen LogP contribution < -0.4 is 15.4 Å². The first-order chi connectivity index (χ1) is 13.2. The van der Waals surface area contributed by atoms with Crippen LogP contribution in [0.15, 0.2) is 77.4 Å². The Balaban J connectivity index is 1.44. The predicted octanol–water partition coefficient (Wildman–Crippen LogP) is 2.78. The second-order valence-electron chi connectivity index (χ2n) is 6.00. The van der Waals surface area contributed by atoms with Crippen molar-refractivity contribution in [2.75, 3.05) is 19.7 Å². The van der Waals surface area contributed by atoms with Gasteiger partial charge in [0.15, 0.2) is 18.3 Å². The van der Waals surface area contributed by atoms with Gasteiger partial charge in [0.05, 0.1) is 12.8 Å². The number of nitrogens with one attached hydrogen (secondary N) is 1. The summed E-state index contributed by atoms with van der Waals surface area (Å²) in [6, 6.07) is 20.8. The zero-order valence-corrected chi connectivity index (χ0v) is 15.6. The fourth-order valence-corrected chi connectivity index (χ4v) is 2.86. The van der Waals surface area contributed by atoms with Crippen LogP contribution >= 0.6 is 11.6 Å². The van der Waals surface area contributed by atoms with E-state index in [1.165, 1.54) is 0 Å². The monoisotopic (exact) mass is 385 g/mol. The second kappa shape index (κ2) is 9.80. The van der Waals surface area contributed by atoms with Crippen LogP contribution in [0.5, 0.6) is 5.75 Å². The molecule has 1 amide bonds. The maximum Gasteiger partial charge on any atom is 0.275 e. The van der Waals surface area contributed by atoms with E-state index in [0.717, 1.165) is 17.1 Å². The van der Waals surface area contributed by atoms with Crippen LogP contribution in [0.3, 0.4) is 0 Å². The molecule has 2 aromatic carbocycles. The molecule has 1 atom stereocenters. The van der Waals surface area contributed by atoms with Crippen molar-refractivity contribution in [3.05, 3.63) is 89.3 Å². The fraction of sp³-hybridized carbons (Fsp3) is 0.190. The number of hydrogen-bond donors (Lipinski definition) is 2. The summed E-state index contributed by atoms with van der Waals surface area (Å²) in [5.41, 5.74) is 1.09. The van der Waals surface area contributed by atoms with Gasteiger partial charge < -0.3 is 19.8 Å². The Kier molecular flexibility index (Phi) is 6.90. The van der Waals surface area contributed by atoms with Gasteiger partial charge in [0, 0.05) is 10.6 Å². The minimum absolute atomic E-state index is 0.0535. The van der Waals surface area contributed by atoms with Crippen LogP contribution in [0, 0.1) is 0 Å². The highest BCUT2D eigenvalue weighted by Crippen LogP contribution is 2.18. The first-order valence-electron chi connectivity index (χ1n) is 8.79. The zero-order chi connectivity index (χ0) is 18.9. The first-order valence-corrected chi connectivity index (χ1v) is 9.17. The third-order valence-corrected chi connectivity index (χ3v) is 4.31. The maximum absolute atomic E-state index is 12.2. The number of furan rings is 1. The minimum atomic E-state index is -0.0581. The van der Waals surface area contributed by atoms with Gasteiger partial charge in [-0.05, 0) is 36.4 Å². The summed E-state index contributed by atoms with van der Waals surface area (Å²) in [5.74, 6) is 1.49. The average molecular weight is 386 g/mol. The lowest BCUT2D eigenvalue weighted by Crippen LogP contribution is -2.87. The van der Waals surface area contributed by atoms with E-state index in [4.69, 9.17) is 20.8 Å². The molecule has 0 unspecified atom stereocenters. The molecule has 140 valence electrons. The van der Waals surface area contributed by atoms with E-state index >= 15 is 0 Å². The minimum Gasteiger partial charge on any atom is -0.492 e. The summed E-state index contributed by atoms with van der Waals surface area (Å²) in [4.78, 5) is 12.2. The molecule has 5 nitrogen and oxygen atoms in total. The molecule has 1 aromatic heterocycles. The van der Waals surface area contributed by atoms with Crippen LogP contribution in [0.1, 0.15) is 17.4 Å². The van der Waals surface area contributed by atoms with Crippen LogP contribution in [-0.2, 0) is 4.79 Å². The number of carbonyl (C=O) groups excluding carboxylic acids is 1. The van der Waals surface area contributed by atoms with Crippen LogP contribution in [0.2, 0.25) is 5.02 Å². The number of amides is 1. The lowest BCUT2D eigenvalue weighted by atomic mass is 10.0. The van der Waals surface area contributed by atoms with Crippen molar-refractivity contribution in [2.24, 2.45) is 0 Å². The van der Waals surface area contributed by atoms with E-state index < -0.39 is 0 Å². The Morgan fingerprint density at radius 3 is 2.56 bits per heavy atom. The molecule has 0 aliphatic heterocycles. The number of nitrogens with two attached hydrogens (primary N) is 1. The number of benzene rings is 2. The van der Waals surface area contributed by atoms with Gasteiger partial charge in [-0.15, -0.1) is 0 Å². The largest absolute Gasteiger partial charge is 0.492 e. The summed E-state index contributed by atoms with van der Waals surface area (Å²) in [6.07, 6.45) is 1.65. The molecule has 0 spiro atoms. The normalized spacial score (nSPS) is 11.7. The Hall–Kier alpha value is -2.76. The van der Waals surface area contributed by atoms with Crippen molar-refractivity contribution in [1.82, 2.24) is 5.32 Å². The zero-order valence-electron chi connectivity index (χ0n) is 14.8. The molecule has 0 aliphatic carbocycles. The van der Waals surface area contributed by atoms with Gasteiger partial charge in [-0.1, -0.05) is 41.9 Å². The standard InChI is InChI=1S/C21H21ClN2O3/c22-17-8-10-18(11-9-17)26-14-12-23-20(25)15-24-21(19-7-4-13-27-19)16-5-2-1-3-6-16/h1-11,13,21,24H,12,14-15H2,(H,23,25)/p+1/t21-/m0/s1. The second-order valence-corrected chi connectivity index (χ2v) is 6.43. The average Bonchev–Trinajstić information content (AvgIpc) is 3.22. The van der Waals surface area contributed by atoms with Crippen molar-refractivity contribution in [2.45, 2.75) is 6.04 Å². The molecule has 0 aliphatic rings. The third-order valence-electron chi connectivity index (χ3n) is 4.05. The highest BCUT2D eigenvalue weighted by molar-refractivity contribution is 6.30. The Bertz CT molecular complexity index is 820. The van der Waals surface area contributed by atoms with Crippen molar-refractivity contribution in [1.29, 1.82) is 0 Å². The summed E-state index contributed by atoms with van der Waals surface area (Å²) in [5, 5.41) is 5.49. The first kappa shape index (κ1) is 19.0. The van der Waals surface area contributed by atoms with Crippen LogP contribution in [-0.4, -0.2) is 25.6 Å². The van der Waals surface area contributed by atoms with E-state index in [1.807, 2.05) is 47.8 Å². The van der Waals surface area contributed by atoms with E-state index in [0.29, 0.717) is 24.7 Å². The molecular formula is C21H22ClN2O3+. The highest BCUT2D eigenvalue weighted by atomic mass is 35.5. The van der Waals surface area contributed by atoms with Crippen molar-refractivity contribution in [3.8, 4) is 5.75 Å². The highest BCUT2D eigenvalue weighted by Gasteiger charge is 2.21. The Labute approximate surface area is 163 Å². The smallest absolute Gasteiger partial charge is 0.275 e. The van der Waals surface area contributed by atoms with Crippen molar-refractivity contribution < 1.29 is 19.3 Å².